The molecule has 0 unspecified atom stereocenters. The highest BCUT2D eigenvalue weighted by atomic mass is 19.2. The lowest BCUT2D eigenvalue weighted by molar-refractivity contribution is -0.446. The van der Waals surface area contributed by atoms with Crippen LogP contribution in [0.3, 0.4) is 0 Å². The molecule has 0 spiro atoms. The Balaban J connectivity index is 1.77. The van der Waals surface area contributed by atoms with Gasteiger partial charge in [-0.2, -0.15) is 0 Å². The van der Waals surface area contributed by atoms with Crippen LogP contribution in [0.1, 0.15) is 6.42 Å². The molecule has 0 saturated heterocycles. The average Bonchev–Trinajstić information content (AvgIpc) is 3.00. The van der Waals surface area contributed by atoms with Crippen LogP contribution in [0.5, 0.6) is 0 Å². The third-order valence-electron chi connectivity index (χ3n) is 6.18. The summed E-state index contributed by atoms with van der Waals surface area (Å²) in [6, 6.07) is 0. The molecule has 0 amide bonds. The van der Waals surface area contributed by atoms with Gasteiger partial charge in [-0.1, -0.05) is 12.2 Å². The van der Waals surface area contributed by atoms with Crippen LogP contribution in [0.2, 0.25) is 0 Å². The molecular formula is C13H8F6. The second kappa shape index (κ2) is 2.27. The van der Waals surface area contributed by atoms with Crippen molar-refractivity contribution in [1.82, 2.24) is 0 Å². The summed E-state index contributed by atoms with van der Waals surface area (Å²) in [6.45, 7) is 0. The predicted octanol–water partition coefficient (Wildman–Crippen LogP) is 3.45. The van der Waals surface area contributed by atoms with Crippen LogP contribution >= 0.6 is 0 Å². The fourth-order valence-electron chi connectivity index (χ4n) is 5.56. The van der Waals surface area contributed by atoms with Crippen molar-refractivity contribution in [2.24, 2.45) is 23.7 Å². The largest absolute Gasteiger partial charge is 0.245 e. The highest BCUT2D eigenvalue weighted by Gasteiger charge is 3.11. The number of allylic oxidation sites excluding steroid dienone is 4. The van der Waals surface area contributed by atoms with Gasteiger partial charge >= 0.3 is 0 Å². The molecule has 102 valence electrons. The molecule has 0 N–H and O–H groups in total. The van der Waals surface area contributed by atoms with E-state index in [-0.39, 0.29) is 0 Å². The summed E-state index contributed by atoms with van der Waals surface area (Å²) >= 11 is 0. The van der Waals surface area contributed by atoms with Gasteiger partial charge < -0.3 is 0 Å². The van der Waals surface area contributed by atoms with Crippen molar-refractivity contribution in [3.8, 4) is 0 Å². The molecule has 0 aromatic rings. The molecular weight excluding hydrogens is 270 g/mol. The van der Waals surface area contributed by atoms with Crippen molar-refractivity contribution in [3.63, 3.8) is 0 Å². The van der Waals surface area contributed by atoms with Crippen LogP contribution in [0, 0.1) is 23.7 Å². The molecule has 5 aliphatic rings. The average molecular weight is 278 g/mol. The lowest BCUT2D eigenvalue weighted by Crippen LogP contribution is -3.03. The third-order valence-corrected chi connectivity index (χ3v) is 6.18. The number of hydrogen-bond acceptors (Lipinski definition) is 0. The van der Waals surface area contributed by atoms with Gasteiger partial charge in [0.15, 0.2) is 23.0 Å². The SMILES string of the molecule is FC1=C(F)[C@]2(F)[C@@]1(F)[C@@]1(F)[C@@H]3[C@@H]([C@H]4C=C[C@@H]3C4)[C@@]21F. The zero-order valence-corrected chi connectivity index (χ0v) is 9.44. The van der Waals surface area contributed by atoms with Gasteiger partial charge in [0.05, 0.1) is 0 Å². The maximum absolute atomic E-state index is 14.8. The quantitative estimate of drug-likeness (QED) is 0.470. The summed E-state index contributed by atoms with van der Waals surface area (Å²) < 4.78 is 84.7. The van der Waals surface area contributed by atoms with Gasteiger partial charge in [0.25, 0.3) is 0 Å². The minimum atomic E-state index is -3.77. The van der Waals surface area contributed by atoms with Crippen molar-refractivity contribution in [2.45, 2.75) is 29.1 Å². The minimum Gasteiger partial charge on any atom is -0.236 e. The summed E-state index contributed by atoms with van der Waals surface area (Å²) in [7, 11) is 0. The van der Waals surface area contributed by atoms with Crippen molar-refractivity contribution in [3.05, 3.63) is 23.8 Å². The topological polar surface area (TPSA) is 0 Å². The molecule has 0 radical (unpaired) electrons. The Morgan fingerprint density at radius 1 is 0.789 bits per heavy atom. The Morgan fingerprint density at radius 2 is 1.16 bits per heavy atom. The zero-order chi connectivity index (χ0) is 13.6. The van der Waals surface area contributed by atoms with Crippen molar-refractivity contribution >= 4 is 0 Å². The van der Waals surface area contributed by atoms with Gasteiger partial charge in [-0.05, 0) is 18.3 Å². The van der Waals surface area contributed by atoms with Crippen LogP contribution in [0.25, 0.3) is 0 Å². The lowest BCUT2D eigenvalue weighted by Gasteiger charge is -2.80. The fourth-order valence-corrected chi connectivity index (χ4v) is 5.56. The summed E-state index contributed by atoms with van der Waals surface area (Å²) in [6.07, 6.45) is 3.69. The summed E-state index contributed by atoms with van der Waals surface area (Å²) in [5, 5.41) is 0. The third kappa shape index (κ3) is 0.548. The predicted molar refractivity (Wildman–Crippen MR) is 52.3 cm³/mol. The molecule has 6 heteroatoms. The van der Waals surface area contributed by atoms with Crippen LogP contribution in [-0.4, -0.2) is 22.7 Å². The van der Waals surface area contributed by atoms with Gasteiger partial charge in [0.1, 0.15) is 0 Å². The first-order valence-corrected chi connectivity index (χ1v) is 6.28. The highest BCUT2D eigenvalue weighted by Crippen LogP contribution is 2.91. The van der Waals surface area contributed by atoms with E-state index in [1.807, 2.05) is 0 Å². The number of rotatable bonds is 0. The molecule has 8 atom stereocenters. The van der Waals surface area contributed by atoms with E-state index in [9.17, 15) is 26.3 Å². The van der Waals surface area contributed by atoms with Crippen LogP contribution in [-0.2, 0) is 0 Å². The van der Waals surface area contributed by atoms with Gasteiger partial charge in [-0.15, -0.1) is 0 Å². The normalized spacial score (nSPS) is 70.8. The Morgan fingerprint density at radius 3 is 1.53 bits per heavy atom. The fraction of sp³-hybridized carbons (Fsp3) is 0.692. The lowest BCUT2D eigenvalue weighted by atomic mass is 9.26. The summed E-state index contributed by atoms with van der Waals surface area (Å²) in [4.78, 5) is 0. The molecule has 0 aromatic heterocycles. The monoisotopic (exact) mass is 278 g/mol. The van der Waals surface area contributed by atoms with Crippen molar-refractivity contribution in [2.75, 3.05) is 0 Å². The van der Waals surface area contributed by atoms with Crippen LogP contribution < -0.4 is 0 Å². The summed E-state index contributed by atoms with van der Waals surface area (Å²) in [5.74, 6) is -7.18. The Labute approximate surface area is 104 Å². The van der Waals surface area contributed by atoms with Crippen LogP contribution in [0.4, 0.5) is 26.3 Å². The second-order valence-corrected chi connectivity index (χ2v) is 6.37. The number of halogens is 6. The maximum atomic E-state index is 14.8. The minimum absolute atomic E-state index is 0.405. The molecule has 3 fully saturated rings. The van der Waals surface area contributed by atoms with Crippen molar-refractivity contribution < 1.29 is 26.3 Å². The number of alkyl halides is 4. The van der Waals surface area contributed by atoms with E-state index >= 15 is 0 Å². The second-order valence-electron chi connectivity index (χ2n) is 6.37. The Hall–Kier alpha value is -0.940. The molecule has 0 aromatic carbocycles. The number of hydrogen-bond donors (Lipinski definition) is 0. The first-order valence-electron chi connectivity index (χ1n) is 6.28. The van der Waals surface area contributed by atoms with Crippen LogP contribution in [0.15, 0.2) is 23.8 Å². The standard InChI is InChI=1S/C13H8F6/c14-8-9(15)13(19)11(17)7-5-2-1-4(3-5)6(7)10(11,16)12(8,13)18/h1-2,4-7H,3H2/t4-,5+,6+,7-,10-,11+,12+,13-. The van der Waals surface area contributed by atoms with E-state index < -0.39 is 58.0 Å². The van der Waals surface area contributed by atoms with E-state index in [1.165, 1.54) is 0 Å². The first-order chi connectivity index (χ1) is 8.78. The van der Waals surface area contributed by atoms with Crippen molar-refractivity contribution in [1.29, 1.82) is 0 Å². The molecule has 0 aliphatic heterocycles. The Bertz CT molecular complexity index is 562. The smallest absolute Gasteiger partial charge is 0.236 e. The molecule has 5 aliphatic carbocycles. The van der Waals surface area contributed by atoms with E-state index in [1.54, 1.807) is 12.2 Å². The van der Waals surface area contributed by atoms with Gasteiger partial charge in [-0.3, -0.25) is 0 Å². The molecule has 0 heterocycles. The Kier molecular flexibility index (Phi) is 1.29. The molecule has 2 bridgehead atoms. The first kappa shape index (κ1) is 10.8. The van der Waals surface area contributed by atoms with E-state index in [4.69, 9.17) is 0 Å². The zero-order valence-electron chi connectivity index (χ0n) is 9.44. The summed E-state index contributed by atoms with van der Waals surface area (Å²) in [5.41, 5.74) is -14.1. The van der Waals surface area contributed by atoms with E-state index in [0.29, 0.717) is 6.42 Å². The van der Waals surface area contributed by atoms with Gasteiger partial charge in [-0.25, -0.2) is 26.3 Å². The van der Waals surface area contributed by atoms with Gasteiger partial charge in [0.2, 0.25) is 11.3 Å². The molecule has 5 rings (SSSR count). The van der Waals surface area contributed by atoms with E-state index in [2.05, 4.69) is 0 Å². The molecule has 3 saturated carbocycles. The molecule has 19 heavy (non-hydrogen) atoms. The molecule has 0 nitrogen and oxygen atoms in total. The number of fused-ring (bicyclic) bond motifs is 11. The van der Waals surface area contributed by atoms with Gasteiger partial charge in [0, 0.05) is 11.8 Å². The van der Waals surface area contributed by atoms with E-state index in [0.717, 1.165) is 0 Å². The highest BCUT2D eigenvalue weighted by molar-refractivity contribution is 5.67. The maximum Gasteiger partial charge on any atom is 0.245 e.